The number of nitrogens with zero attached hydrogens (tertiary/aromatic N) is 2. The second-order valence-electron chi connectivity index (χ2n) is 5.43. The highest BCUT2D eigenvalue weighted by Crippen LogP contribution is 2.23. The molecule has 24 heavy (non-hydrogen) atoms. The molecule has 0 aliphatic carbocycles. The van der Waals surface area contributed by atoms with Crippen molar-refractivity contribution in [2.75, 3.05) is 7.11 Å². The van der Waals surface area contributed by atoms with Gasteiger partial charge in [-0.2, -0.15) is 5.10 Å². The van der Waals surface area contributed by atoms with Crippen molar-refractivity contribution in [1.29, 1.82) is 0 Å². The van der Waals surface area contributed by atoms with E-state index in [0.29, 0.717) is 13.0 Å². The van der Waals surface area contributed by atoms with Crippen LogP contribution in [0.4, 0.5) is 0 Å². The predicted molar refractivity (Wildman–Crippen MR) is 95.1 cm³/mol. The molecule has 5 nitrogen and oxygen atoms in total. The van der Waals surface area contributed by atoms with E-state index in [1.54, 1.807) is 23.1 Å². The lowest BCUT2D eigenvalue weighted by Gasteiger charge is -2.07. The Morgan fingerprint density at radius 3 is 2.92 bits per heavy atom. The summed E-state index contributed by atoms with van der Waals surface area (Å²) in [4.78, 5) is 13.3. The number of amides is 1. The summed E-state index contributed by atoms with van der Waals surface area (Å²) in [6.45, 7) is 0.456. The van der Waals surface area contributed by atoms with Gasteiger partial charge in [-0.3, -0.25) is 9.48 Å². The molecule has 0 aliphatic heterocycles. The molecule has 6 heteroatoms. The van der Waals surface area contributed by atoms with Crippen LogP contribution in [0.3, 0.4) is 0 Å². The van der Waals surface area contributed by atoms with Gasteiger partial charge in [-0.25, -0.2) is 0 Å². The Bertz CT molecular complexity index is 825. The van der Waals surface area contributed by atoms with Crippen molar-refractivity contribution in [3.05, 3.63) is 59.1 Å². The van der Waals surface area contributed by atoms with Gasteiger partial charge in [0.15, 0.2) is 0 Å². The third-order valence-corrected chi connectivity index (χ3v) is 4.61. The molecular formula is C18H19N3O2S. The zero-order valence-electron chi connectivity index (χ0n) is 13.7. The Morgan fingerprint density at radius 2 is 2.17 bits per heavy atom. The molecule has 1 amide bonds. The van der Waals surface area contributed by atoms with Crippen molar-refractivity contribution < 1.29 is 9.53 Å². The third-order valence-electron chi connectivity index (χ3n) is 3.72. The van der Waals surface area contributed by atoms with Gasteiger partial charge in [0.1, 0.15) is 11.4 Å². The lowest BCUT2D eigenvalue weighted by molar-refractivity contribution is -0.120. The van der Waals surface area contributed by atoms with Crippen molar-refractivity contribution in [3.8, 4) is 16.3 Å². The molecular weight excluding hydrogens is 322 g/mol. The Hall–Kier alpha value is -2.60. The number of nitrogens with one attached hydrogen (secondary N) is 1. The summed E-state index contributed by atoms with van der Waals surface area (Å²) in [5.74, 6) is 0.731. The number of ether oxygens (including phenoxy) is 1. The summed E-state index contributed by atoms with van der Waals surface area (Å²) in [7, 11) is 3.51. The Kier molecular flexibility index (Phi) is 4.96. The molecule has 0 saturated heterocycles. The summed E-state index contributed by atoms with van der Waals surface area (Å²) in [6.07, 6.45) is 0.326. The second-order valence-corrected chi connectivity index (χ2v) is 6.37. The number of thiophene rings is 1. The lowest BCUT2D eigenvalue weighted by Crippen LogP contribution is -2.25. The zero-order valence-corrected chi connectivity index (χ0v) is 14.5. The Balaban J connectivity index is 1.60. The van der Waals surface area contributed by atoms with Crippen molar-refractivity contribution in [2.24, 2.45) is 7.05 Å². The first-order chi connectivity index (χ1) is 11.7. The van der Waals surface area contributed by atoms with Crippen molar-refractivity contribution in [1.82, 2.24) is 15.1 Å². The number of benzene rings is 1. The normalized spacial score (nSPS) is 10.6. The predicted octanol–water partition coefficient (Wildman–Crippen LogP) is 3.02. The van der Waals surface area contributed by atoms with Crippen LogP contribution in [-0.2, 0) is 24.8 Å². The van der Waals surface area contributed by atoms with Crippen molar-refractivity contribution >= 4 is 17.2 Å². The second kappa shape index (κ2) is 7.31. The van der Waals surface area contributed by atoms with Gasteiger partial charge in [0.2, 0.25) is 5.91 Å². The maximum absolute atomic E-state index is 12.2. The number of aryl methyl sites for hydroxylation is 1. The summed E-state index contributed by atoms with van der Waals surface area (Å²) >= 11 is 1.65. The van der Waals surface area contributed by atoms with Crippen LogP contribution >= 0.6 is 11.3 Å². The fraction of sp³-hybridized carbons (Fsp3) is 0.222. The van der Waals surface area contributed by atoms with Gasteiger partial charge in [0.05, 0.1) is 30.6 Å². The van der Waals surface area contributed by atoms with Gasteiger partial charge < -0.3 is 10.1 Å². The standard InChI is InChI=1S/C18H19N3O2S/c1-21-14(11-16(20-21)17-7-4-8-24-17)12-19-18(22)10-13-5-3-6-15(9-13)23-2/h3-9,11H,10,12H2,1-2H3,(H,19,22). The van der Waals surface area contributed by atoms with Crippen LogP contribution in [0, 0.1) is 0 Å². The fourth-order valence-corrected chi connectivity index (χ4v) is 3.12. The summed E-state index contributed by atoms with van der Waals surface area (Å²) in [6, 6.07) is 13.6. The molecule has 1 N–H and O–H groups in total. The first-order valence-corrected chi connectivity index (χ1v) is 8.50. The van der Waals surface area contributed by atoms with Gasteiger partial charge in [0.25, 0.3) is 0 Å². The highest BCUT2D eigenvalue weighted by Gasteiger charge is 2.10. The lowest BCUT2D eigenvalue weighted by atomic mass is 10.1. The van der Waals surface area contributed by atoms with Crippen molar-refractivity contribution in [2.45, 2.75) is 13.0 Å². The number of methoxy groups -OCH3 is 1. The van der Waals surface area contributed by atoms with Gasteiger partial charge in [-0.15, -0.1) is 11.3 Å². The molecule has 0 aliphatic rings. The van der Waals surface area contributed by atoms with E-state index in [9.17, 15) is 4.79 Å². The smallest absolute Gasteiger partial charge is 0.224 e. The van der Waals surface area contributed by atoms with E-state index >= 15 is 0 Å². The van der Waals surface area contributed by atoms with E-state index < -0.39 is 0 Å². The fourth-order valence-electron chi connectivity index (χ4n) is 2.44. The minimum absolute atomic E-state index is 0.0258. The first kappa shape index (κ1) is 16.3. The largest absolute Gasteiger partial charge is 0.497 e. The molecule has 1 aromatic carbocycles. The highest BCUT2D eigenvalue weighted by molar-refractivity contribution is 7.13. The van der Waals surface area contributed by atoms with E-state index in [-0.39, 0.29) is 5.91 Å². The Labute approximate surface area is 144 Å². The van der Waals surface area contributed by atoms with E-state index in [4.69, 9.17) is 4.74 Å². The van der Waals surface area contributed by atoms with Crippen LogP contribution in [0.5, 0.6) is 5.75 Å². The molecule has 124 valence electrons. The molecule has 0 spiro atoms. The SMILES string of the molecule is COc1cccc(CC(=O)NCc2cc(-c3cccs3)nn2C)c1. The van der Waals surface area contributed by atoms with E-state index in [0.717, 1.165) is 27.6 Å². The van der Waals surface area contributed by atoms with Crippen LogP contribution in [0.2, 0.25) is 0 Å². The molecule has 0 atom stereocenters. The molecule has 0 unspecified atom stereocenters. The van der Waals surface area contributed by atoms with Crippen molar-refractivity contribution in [3.63, 3.8) is 0 Å². The molecule has 2 heterocycles. The summed E-state index contributed by atoms with van der Waals surface area (Å²) in [5, 5.41) is 9.47. The molecule has 2 aromatic heterocycles. The number of aromatic nitrogens is 2. The Morgan fingerprint density at radius 1 is 1.29 bits per heavy atom. The maximum atomic E-state index is 12.2. The van der Waals surface area contributed by atoms with E-state index in [1.165, 1.54) is 0 Å². The average molecular weight is 341 g/mol. The van der Waals surface area contributed by atoms with Crippen LogP contribution in [0.1, 0.15) is 11.3 Å². The molecule has 3 rings (SSSR count). The van der Waals surface area contributed by atoms with Gasteiger partial charge in [-0.1, -0.05) is 18.2 Å². The van der Waals surface area contributed by atoms with E-state index in [1.807, 2.05) is 54.9 Å². The minimum Gasteiger partial charge on any atom is -0.497 e. The van der Waals surface area contributed by atoms with Gasteiger partial charge in [0, 0.05) is 7.05 Å². The number of hydrogen-bond donors (Lipinski definition) is 1. The number of hydrogen-bond acceptors (Lipinski definition) is 4. The zero-order chi connectivity index (χ0) is 16.9. The quantitative estimate of drug-likeness (QED) is 0.750. The molecule has 3 aromatic rings. The third kappa shape index (κ3) is 3.83. The highest BCUT2D eigenvalue weighted by atomic mass is 32.1. The average Bonchev–Trinajstić information content (AvgIpc) is 3.23. The monoisotopic (exact) mass is 341 g/mol. The van der Waals surface area contributed by atoms with Gasteiger partial charge in [-0.05, 0) is 35.2 Å². The minimum atomic E-state index is -0.0258. The molecule has 0 radical (unpaired) electrons. The summed E-state index contributed by atoms with van der Waals surface area (Å²) in [5.41, 5.74) is 2.83. The molecule has 0 saturated carbocycles. The molecule has 0 fully saturated rings. The number of carbonyl (C=O) groups is 1. The van der Waals surface area contributed by atoms with Crippen LogP contribution in [0.15, 0.2) is 47.8 Å². The van der Waals surface area contributed by atoms with Crippen LogP contribution < -0.4 is 10.1 Å². The molecule has 0 bridgehead atoms. The van der Waals surface area contributed by atoms with Crippen LogP contribution in [0.25, 0.3) is 10.6 Å². The number of carbonyl (C=O) groups excluding carboxylic acids is 1. The van der Waals surface area contributed by atoms with Gasteiger partial charge >= 0.3 is 0 Å². The first-order valence-electron chi connectivity index (χ1n) is 7.62. The topological polar surface area (TPSA) is 56.1 Å². The maximum Gasteiger partial charge on any atom is 0.224 e. The van der Waals surface area contributed by atoms with E-state index in [2.05, 4.69) is 10.4 Å². The summed E-state index contributed by atoms with van der Waals surface area (Å²) < 4.78 is 6.98. The number of rotatable bonds is 6. The van der Waals surface area contributed by atoms with Crippen LogP contribution in [-0.4, -0.2) is 22.8 Å².